The third-order valence-corrected chi connectivity index (χ3v) is 5.01. The molecule has 3 aromatic heterocycles. The predicted molar refractivity (Wildman–Crippen MR) is 77.4 cm³/mol. The highest BCUT2D eigenvalue weighted by atomic mass is 32.2. The molecule has 0 spiro atoms. The summed E-state index contributed by atoms with van der Waals surface area (Å²) in [5.74, 6) is 0.372. The molecule has 3 heterocycles. The minimum Gasteiger partial charge on any atom is -0.444 e. The zero-order valence-electron chi connectivity index (χ0n) is 11.1. The average Bonchev–Trinajstić information content (AvgIpc) is 3.09. The Morgan fingerprint density at radius 2 is 2.19 bits per heavy atom. The molecule has 0 amide bonds. The molecule has 0 N–H and O–H groups in total. The van der Waals surface area contributed by atoms with Crippen molar-refractivity contribution in [3.63, 3.8) is 0 Å². The lowest BCUT2D eigenvalue weighted by atomic mass is 10.4. The first kappa shape index (κ1) is 14.0. The summed E-state index contributed by atoms with van der Waals surface area (Å²) < 4.78 is 34.5. The second-order valence-corrected chi connectivity index (χ2v) is 7.60. The van der Waals surface area contributed by atoms with Crippen LogP contribution in [0.1, 0.15) is 17.1 Å². The van der Waals surface area contributed by atoms with Crippen LogP contribution >= 0.6 is 11.3 Å². The number of rotatable bonds is 5. The van der Waals surface area contributed by atoms with Gasteiger partial charge in [-0.3, -0.25) is 0 Å². The third-order valence-electron chi connectivity index (χ3n) is 2.69. The number of aromatic nitrogens is 2. The van der Waals surface area contributed by atoms with Gasteiger partial charge in [0.05, 0.1) is 22.0 Å². The lowest BCUT2D eigenvalue weighted by molar-refractivity contribution is 0.388. The van der Waals surface area contributed by atoms with Crippen molar-refractivity contribution in [3.05, 3.63) is 47.0 Å². The molecule has 0 fully saturated rings. The Kier molecular flexibility index (Phi) is 3.64. The average molecular weight is 324 g/mol. The molecular formula is C13H12N2O4S2. The fourth-order valence-electron chi connectivity index (χ4n) is 1.86. The Bertz CT molecular complexity index is 831. The van der Waals surface area contributed by atoms with E-state index in [1.807, 2.05) is 17.5 Å². The summed E-state index contributed by atoms with van der Waals surface area (Å²) in [5, 5.41) is 5.58. The molecule has 0 aliphatic heterocycles. The van der Waals surface area contributed by atoms with Crippen LogP contribution in [-0.4, -0.2) is 18.6 Å². The van der Waals surface area contributed by atoms with Gasteiger partial charge in [0.2, 0.25) is 5.89 Å². The summed E-state index contributed by atoms with van der Waals surface area (Å²) in [6.45, 7) is 1.74. The smallest absolute Gasteiger partial charge is 0.236 e. The number of thiophene rings is 1. The van der Waals surface area contributed by atoms with Gasteiger partial charge in [0.1, 0.15) is 12.0 Å². The summed E-state index contributed by atoms with van der Waals surface area (Å²) in [7, 11) is -3.38. The van der Waals surface area contributed by atoms with Gasteiger partial charge in [-0.25, -0.2) is 13.4 Å². The van der Waals surface area contributed by atoms with E-state index in [-0.39, 0.29) is 11.5 Å². The van der Waals surface area contributed by atoms with Gasteiger partial charge in [-0.2, -0.15) is 0 Å². The number of hydrogen-bond donors (Lipinski definition) is 0. The van der Waals surface area contributed by atoms with Crippen LogP contribution in [0.4, 0.5) is 0 Å². The van der Waals surface area contributed by atoms with E-state index in [4.69, 9.17) is 8.94 Å². The summed E-state index contributed by atoms with van der Waals surface area (Å²) in [6.07, 6.45) is 1.37. The summed E-state index contributed by atoms with van der Waals surface area (Å²) >= 11 is 1.48. The van der Waals surface area contributed by atoms with Gasteiger partial charge in [-0.1, -0.05) is 11.2 Å². The molecule has 110 valence electrons. The molecule has 0 aliphatic carbocycles. The lowest BCUT2D eigenvalue weighted by Gasteiger charge is -1.98. The van der Waals surface area contributed by atoms with Crippen LogP contribution in [0.5, 0.6) is 0 Å². The largest absolute Gasteiger partial charge is 0.444 e. The van der Waals surface area contributed by atoms with E-state index in [1.54, 1.807) is 13.0 Å². The van der Waals surface area contributed by atoms with E-state index < -0.39 is 9.84 Å². The molecule has 21 heavy (non-hydrogen) atoms. The molecule has 0 atom stereocenters. The maximum absolute atomic E-state index is 12.1. The summed E-state index contributed by atoms with van der Waals surface area (Å²) in [5.41, 5.74) is 1.04. The van der Waals surface area contributed by atoms with Crippen molar-refractivity contribution in [2.75, 3.05) is 0 Å². The predicted octanol–water partition coefficient (Wildman–Crippen LogP) is 2.81. The first-order chi connectivity index (χ1) is 10.0. The fourth-order valence-corrected chi connectivity index (χ4v) is 3.77. The Labute approximate surface area is 125 Å². The molecular weight excluding hydrogens is 312 g/mol. The highest BCUT2D eigenvalue weighted by Crippen LogP contribution is 2.24. The zero-order chi connectivity index (χ0) is 14.9. The highest BCUT2D eigenvalue weighted by Gasteiger charge is 2.19. The molecule has 6 nitrogen and oxygen atoms in total. The number of hydrogen-bond acceptors (Lipinski definition) is 7. The van der Waals surface area contributed by atoms with Crippen molar-refractivity contribution >= 4 is 21.2 Å². The molecule has 0 aromatic carbocycles. The van der Waals surface area contributed by atoms with E-state index in [0.717, 1.165) is 4.88 Å². The number of oxazole rings is 1. The maximum atomic E-state index is 12.1. The Morgan fingerprint density at radius 1 is 1.33 bits per heavy atom. The van der Waals surface area contributed by atoms with Gasteiger partial charge in [0.15, 0.2) is 15.6 Å². The van der Waals surface area contributed by atoms with Gasteiger partial charge in [0, 0.05) is 6.07 Å². The van der Waals surface area contributed by atoms with Gasteiger partial charge in [-0.05, 0) is 18.4 Å². The number of aryl methyl sites for hydroxylation is 1. The minimum absolute atomic E-state index is 0.193. The Hall–Kier alpha value is -1.93. The van der Waals surface area contributed by atoms with Crippen molar-refractivity contribution in [1.82, 2.24) is 10.1 Å². The van der Waals surface area contributed by atoms with E-state index in [0.29, 0.717) is 23.0 Å². The third kappa shape index (κ3) is 3.40. The van der Waals surface area contributed by atoms with Crippen LogP contribution in [0, 0.1) is 6.92 Å². The Morgan fingerprint density at radius 3 is 2.86 bits per heavy atom. The summed E-state index contributed by atoms with van der Waals surface area (Å²) in [4.78, 5) is 5.07. The van der Waals surface area contributed by atoms with Gasteiger partial charge >= 0.3 is 0 Å². The van der Waals surface area contributed by atoms with Crippen LogP contribution in [0.25, 0.3) is 10.8 Å². The standard InChI is InChI=1S/C13H12N2O4S2/c1-9-5-11(19-15-9)8-21(16,17)7-10-6-18-13(14-10)12-3-2-4-20-12/h2-6H,7-8H2,1H3. The monoisotopic (exact) mass is 324 g/mol. The number of sulfone groups is 1. The van der Waals surface area contributed by atoms with Crippen LogP contribution in [0.15, 0.2) is 38.8 Å². The highest BCUT2D eigenvalue weighted by molar-refractivity contribution is 7.89. The zero-order valence-corrected chi connectivity index (χ0v) is 12.8. The van der Waals surface area contributed by atoms with E-state index >= 15 is 0 Å². The van der Waals surface area contributed by atoms with Crippen molar-refractivity contribution in [2.45, 2.75) is 18.4 Å². The van der Waals surface area contributed by atoms with Crippen molar-refractivity contribution < 1.29 is 17.4 Å². The Balaban J connectivity index is 1.73. The van der Waals surface area contributed by atoms with Crippen molar-refractivity contribution in [1.29, 1.82) is 0 Å². The molecule has 0 radical (unpaired) electrons. The summed E-state index contributed by atoms with van der Waals surface area (Å²) in [6, 6.07) is 5.36. The van der Waals surface area contributed by atoms with Gasteiger partial charge < -0.3 is 8.94 Å². The van der Waals surface area contributed by atoms with Crippen LogP contribution in [0.2, 0.25) is 0 Å². The van der Waals surface area contributed by atoms with Gasteiger partial charge in [0.25, 0.3) is 0 Å². The molecule has 3 rings (SSSR count). The molecule has 0 saturated carbocycles. The first-order valence-electron chi connectivity index (χ1n) is 6.13. The van der Waals surface area contributed by atoms with Crippen LogP contribution in [-0.2, 0) is 21.3 Å². The lowest BCUT2D eigenvalue weighted by Crippen LogP contribution is -2.07. The fraction of sp³-hybridized carbons (Fsp3) is 0.231. The maximum Gasteiger partial charge on any atom is 0.236 e. The van der Waals surface area contributed by atoms with Crippen LogP contribution < -0.4 is 0 Å². The van der Waals surface area contributed by atoms with E-state index in [1.165, 1.54) is 17.6 Å². The SMILES string of the molecule is Cc1cc(CS(=O)(=O)Cc2coc(-c3cccs3)n2)on1. The molecule has 0 bridgehead atoms. The first-order valence-corrected chi connectivity index (χ1v) is 8.83. The quantitative estimate of drug-likeness (QED) is 0.717. The normalized spacial score (nSPS) is 11.9. The van der Waals surface area contributed by atoms with E-state index in [9.17, 15) is 8.42 Å². The topological polar surface area (TPSA) is 86.2 Å². The molecule has 0 saturated heterocycles. The second-order valence-electron chi connectivity index (χ2n) is 4.59. The molecule has 8 heteroatoms. The van der Waals surface area contributed by atoms with Crippen molar-refractivity contribution in [3.8, 4) is 10.8 Å². The van der Waals surface area contributed by atoms with Gasteiger partial charge in [-0.15, -0.1) is 11.3 Å². The minimum atomic E-state index is -3.38. The number of nitrogens with zero attached hydrogens (tertiary/aromatic N) is 2. The molecule has 0 aliphatic rings. The van der Waals surface area contributed by atoms with E-state index in [2.05, 4.69) is 10.1 Å². The molecule has 0 unspecified atom stereocenters. The van der Waals surface area contributed by atoms with Crippen molar-refractivity contribution in [2.24, 2.45) is 0 Å². The second kappa shape index (κ2) is 5.45. The molecule has 3 aromatic rings. The van der Waals surface area contributed by atoms with Crippen LogP contribution in [0.3, 0.4) is 0 Å².